The summed E-state index contributed by atoms with van der Waals surface area (Å²) in [4.78, 5) is 6.76. The first-order chi connectivity index (χ1) is 10.2. The smallest absolute Gasteiger partial charge is 0.191 e. The van der Waals surface area contributed by atoms with Crippen molar-refractivity contribution in [2.75, 3.05) is 31.6 Å². The highest BCUT2D eigenvalue weighted by atomic mass is 79.9. The zero-order valence-electron chi connectivity index (χ0n) is 12.5. The molecule has 1 aliphatic carbocycles. The number of hydrogen-bond acceptors (Lipinski definition) is 2. The fraction of sp³-hybridized carbons (Fsp3) is 0.562. The van der Waals surface area contributed by atoms with Crippen LogP contribution < -0.4 is 15.5 Å². The first-order valence-electron chi connectivity index (χ1n) is 7.72. The quantitative estimate of drug-likeness (QED) is 0.647. The highest BCUT2D eigenvalue weighted by molar-refractivity contribution is 9.10. The lowest BCUT2D eigenvalue weighted by Crippen LogP contribution is -2.41. The first kappa shape index (κ1) is 14.7. The summed E-state index contributed by atoms with van der Waals surface area (Å²) in [5.41, 5.74) is 1.32. The molecular formula is C16H23BrN4. The summed E-state index contributed by atoms with van der Waals surface area (Å²) < 4.78 is 1.14. The van der Waals surface area contributed by atoms with E-state index in [9.17, 15) is 0 Å². The molecule has 114 valence electrons. The highest BCUT2D eigenvalue weighted by Crippen LogP contribution is 2.25. The lowest BCUT2D eigenvalue weighted by molar-refractivity contribution is 0.565. The lowest BCUT2D eigenvalue weighted by atomic mass is 10.1. The number of guanidine groups is 1. The Kier molecular flexibility index (Phi) is 4.68. The molecular weight excluding hydrogens is 328 g/mol. The number of benzene rings is 1. The Hall–Kier alpha value is -1.23. The van der Waals surface area contributed by atoms with Crippen LogP contribution >= 0.6 is 15.9 Å². The van der Waals surface area contributed by atoms with Crippen LogP contribution in [-0.2, 0) is 0 Å². The molecule has 1 aromatic carbocycles. The topological polar surface area (TPSA) is 39.7 Å². The van der Waals surface area contributed by atoms with Gasteiger partial charge in [0.1, 0.15) is 0 Å². The number of aliphatic imine (C=N–C) groups is 1. The number of nitrogens with zero attached hydrogens (tertiary/aromatic N) is 2. The molecule has 2 fully saturated rings. The first-order valence-corrected chi connectivity index (χ1v) is 8.51. The standard InChI is InChI=1S/C16H23BrN4/c1-18-16(20-14-4-5-14)19-10-12-8-9-21(11-12)15-6-2-13(17)3-7-15/h2-3,6-7,12,14H,4-5,8-11H2,1H3,(H2,18,19,20). The number of halogens is 1. The molecule has 1 saturated heterocycles. The Labute approximate surface area is 135 Å². The Bertz CT molecular complexity index is 496. The van der Waals surface area contributed by atoms with Gasteiger partial charge in [-0.25, -0.2) is 0 Å². The van der Waals surface area contributed by atoms with Gasteiger partial charge in [-0.3, -0.25) is 4.99 Å². The molecule has 0 spiro atoms. The van der Waals surface area contributed by atoms with Crippen molar-refractivity contribution in [3.63, 3.8) is 0 Å². The van der Waals surface area contributed by atoms with Gasteiger partial charge in [0, 0.05) is 42.9 Å². The summed E-state index contributed by atoms with van der Waals surface area (Å²) in [5.74, 6) is 1.64. The zero-order chi connectivity index (χ0) is 14.7. The minimum Gasteiger partial charge on any atom is -0.371 e. The third kappa shape index (κ3) is 4.13. The van der Waals surface area contributed by atoms with Crippen LogP contribution in [0.25, 0.3) is 0 Å². The highest BCUT2D eigenvalue weighted by Gasteiger charge is 2.25. The van der Waals surface area contributed by atoms with Crippen molar-refractivity contribution >= 4 is 27.6 Å². The minimum absolute atomic E-state index is 0.652. The van der Waals surface area contributed by atoms with Crippen LogP contribution in [0.1, 0.15) is 19.3 Å². The minimum atomic E-state index is 0.652. The van der Waals surface area contributed by atoms with Gasteiger partial charge in [0.2, 0.25) is 0 Å². The van der Waals surface area contributed by atoms with E-state index in [4.69, 9.17) is 0 Å². The average molecular weight is 351 g/mol. The summed E-state index contributed by atoms with van der Waals surface area (Å²) in [6.07, 6.45) is 3.80. The SMILES string of the molecule is CN=C(NCC1CCN(c2ccc(Br)cc2)C1)NC1CC1. The van der Waals surface area contributed by atoms with E-state index in [1.54, 1.807) is 0 Å². The number of hydrogen-bond donors (Lipinski definition) is 2. The van der Waals surface area contributed by atoms with E-state index in [1.165, 1.54) is 24.9 Å². The Morgan fingerprint density at radius 3 is 2.71 bits per heavy atom. The molecule has 3 rings (SSSR count). The number of nitrogens with one attached hydrogen (secondary N) is 2. The molecule has 1 aliphatic heterocycles. The van der Waals surface area contributed by atoms with E-state index < -0.39 is 0 Å². The molecule has 21 heavy (non-hydrogen) atoms. The maximum Gasteiger partial charge on any atom is 0.191 e. The van der Waals surface area contributed by atoms with Crippen LogP contribution in [-0.4, -0.2) is 38.7 Å². The molecule has 1 unspecified atom stereocenters. The van der Waals surface area contributed by atoms with Crippen LogP contribution in [0.2, 0.25) is 0 Å². The van der Waals surface area contributed by atoms with Gasteiger partial charge in [-0.1, -0.05) is 15.9 Å². The fourth-order valence-electron chi connectivity index (χ4n) is 2.74. The van der Waals surface area contributed by atoms with Gasteiger partial charge in [0.05, 0.1) is 0 Å². The molecule has 1 atom stereocenters. The molecule has 0 bridgehead atoms. The maximum absolute atomic E-state index is 4.29. The molecule has 0 amide bonds. The van der Waals surface area contributed by atoms with Crippen molar-refractivity contribution in [1.29, 1.82) is 0 Å². The third-order valence-corrected chi connectivity index (χ3v) is 4.71. The summed E-state index contributed by atoms with van der Waals surface area (Å²) in [5, 5.41) is 6.90. The van der Waals surface area contributed by atoms with Crippen LogP contribution in [0.4, 0.5) is 5.69 Å². The normalized spacial score (nSPS) is 22.5. The molecule has 2 N–H and O–H groups in total. The summed E-state index contributed by atoms with van der Waals surface area (Å²) in [6, 6.07) is 9.25. The summed E-state index contributed by atoms with van der Waals surface area (Å²) in [7, 11) is 1.85. The molecule has 1 aromatic rings. The van der Waals surface area contributed by atoms with Crippen molar-refractivity contribution < 1.29 is 0 Å². The van der Waals surface area contributed by atoms with Gasteiger partial charge in [0.25, 0.3) is 0 Å². The fourth-order valence-corrected chi connectivity index (χ4v) is 3.01. The molecule has 1 heterocycles. The van der Waals surface area contributed by atoms with Gasteiger partial charge in [-0.15, -0.1) is 0 Å². The van der Waals surface area contributed by atoms with Crippen molar-refractivity contribution in [3.8, 4) is 0 Å². The van der Waals surface area contributed by atoms with Gasteiger partial charge < -0.3 is 15.5 Å². The van der Waals surface area contributed by atoms with E-state index in [2.05, 4.69) is 60.7 Å². The second-order valence-corrected chi connectivity index (χ2v) is 6.86. The Morgan fingerprint density at radius 1 is 1.29 bits per heavy atom. The Balaban J connectivity index is 1.46. The lowest BCUT2D eigenvalue weighted by Gasteiger charge is -2.19. The largest absolute Gasteiger partial charge is 0.371 e. The zero-order valence-corrected chi connectivity index (χ0v) is 14.1. The Morgan fingerprint density at radius 2 is 2.05 bits per heavy atom. The summed E-state index contributed by atoms with van der Waals surface area (Å²) >= 11 is 3.49. The number of rotatable bonds is 4. The molecule has 4 nitrogen and oxygen atoms in total. The molecule has 5 heteroatoms. The van der Waals surface area contributed by atoms with E-state index in [0.29, 0.717) is 12.0 Å². The monoisotopic (exact) mass is 350 g/mol. The van der Waals surface area contributed by atoms with Crippen molar-refractivity contribution in [3.05, 3.63) is 28.7 Å². The van der Waals surface area contributed by atoms with Gasteiger partial charge in [0.15, 0.2) is 5.96 Å². The maximum atomic E-state index is 4.29. The van der Waals surface area contributed by atoms with Crippen molar-refractivity contribution in [2.45, 2.75) is 25.3 Å². The third-order valence-electron chi connectivity index (χ3n) is 4.18. The molecule has 0 aromatic heterocycles. The molecule has 0 radical (unpaired) electrons. The van der Waals surface area contributed by atoms with Gasteiger partial charge >= 0.3 is 0 Å². The van der Waals surface area contributed by atoms with E-state index in [0.717, 1.165) is 30.1 Å². The second-order valence-electron chi connectivity index (χ2n) is 5.95. The molecule has 1 saturated carbocycles. The van der Waals surface area contributed by atoms with E-state index in [1.807, 2.05) is 7.05 Å². The van der Waals surface area contributed by atoms with Gasteiger partial charge in [-0.2, -0.15) is 0 Å². The van der Waals surface area contributed by atoms with Crippen LogP contribution in [0.15, 0.2) is 33.7 Å². The van der Waals surface area contributed by atoms with Crippen LogP contribution in [0.3, 0.4) is 0 Å². The predicted octanol–water partition coefficient (Wildman–Crippen LogP) is 2.60. The predicted molar refractivity (Wildman–Crippen MR) is 92.0 cm³/mol. The van der Waals surface area contributed by atoms with Crippen LogP contribution in [0, 0.1) is 5.92 Å². The van der Waals surface area contributed by atoms with Crippen molar-refractivity contribution in [1.82, 2.24) is 10.6 Å². The molecule has 2 aliphatic rings. The van der Waals surface area contributed by atoms with Crippen molar-refractivity contribution in [2.24, 2.45) is 10.9 Å². The average Bonchev–Trinajstić information content (AvgIpc) is 3.19. The second kappa shape index (κ2) is 6.69. The van der Waals surface area contributed by atoms with E-state index in [-0.39, 0.29) is 0 Å². The van der Waals surface area contributed by atoms with E-state index >= 15 is 0 Å². The summed E-state index contributed by atoms with van der Waals surface area (Å²) in [6.45, 7) is 3.26. The van der Waals surface area contributed by atoms with Crippen LogP contribution in [0.5, 0.6) is 0 Å². The number of anilines is 1. The van der Waals surface area contributed by atoms with Gasteiger partial charge in [-0.05, 0) is 49.4 Å².